The molecule has 0 spiro atoms. The van der Waals surface area contributed by atoms with Gasteiger partial charge in [0, 0.05) is 15.9 Å². The highest BCUT2D eigenvalue weighted by Gasteiger charge is 2.13. The third kappa shape index (κ3) is 4.18. The van der Waals surface area contributed by atoms with Crippen molar-refractivity contribution >= 4 is 33.2 Å². The van der Waals surface area contributed by atoms with Crippen molar-refractivity contribution in [3.05, 3.63) is 56.7 Å². The molecule has 4 heteroatoms. The van der Waals surface area contributed by atoms with Crippen molar-refractivity contribution < 1.29 is 4.79 Å². The minimum atomic E-state index is 0.179. The lowest BCUT2D eigenvalue weighted by atomic mass is 10.1. The topological polar surface area (TPSA) is 20.3 Å². The number of benzene rings is 1. The van der Waals surface area contributed by atoms with Crippen LogP contribution in [0.1, 0.15) is 17.4 Å². The molecule has 2 aromatic rings. The van der Waals surface area contributed by atoms with Gasteiger partial charge in [0.15, 0.2) is 0 Å². The summed E-state index contributed by atoms with van der Waals surface area (Å²) >= 11 is 5.09. The summed E-state index contributed by atoms with van der Waals surface area (Å²) in [7, 11) is 0. The van der Waals surface area contributed by atoms with Gasteiger partial charge in [-0.25, -0.2) is 0 Å². The number of thiophene rings is 1. The van der Waals surface area contributed by atoms with Crippen LogP contribution in [-0.2, 0) is 17.8 Å². The van der Waals surface area contributed by atoms with E-state index in [1.807, 2.05) is 47.5 Å². The van der Waals surface area contributed by atoms with Crippen LogP contribution in [0.3, 0.4) is 0 Å². The standard InChI is InChI=1S/C15H16BrNOS/c1-2-17(11-14-4-3-9-19-14)15(18)10-12-5-7-13(16)8-6-12/h3-9H,2,10-11H2,1H3. The molecule has 1 amide bonds. The molecule has 2 nitrogen and oxygen atoms in total. The van der Waals surface area contributed by atoms with Crippen molar-refractivity contribution in [3.8, 4) is 0 Å². The zero-order valence-corrected chi connectivity index (χ0v) is 13.2. The molecular formula is C15H16BrNOS. The van der Waals surface area contributed by atoms with Gasteiger partial charge in [0.05, 0.1) is 13.0 Å². The van der Waals surface area contributed by atoms with Crippen LogP contribution in [0.25, 0.3) is 0 Å². The first-order valence-corrected chi connectivity index (χ1v) is 7.91. The van der Waals surface area contributed by atoms with Crippen LogP contribution >= 0.6 is 27.3 Å². The molecule has 0 unspecified atom stereocenters. The number of halogens is 1. The molecule has 0 fully saturated rings. The predicted molar refractivity (Wildman–Crippen MR) is 83.3 cm³/mol. The number of carbonyl (C=O) groups excluding carboxylic acids is 1. The van der Waals surface area contributed by atoms with Gasteiger partial charge in [0.2, 0.25) is 5.91 Å². The Labute approximate surface area is 126 Å². The van der Waals surface area contributed by atoms with Crippen molar-refractivity contribution in [2.24, 2.45) is 0 Å². The summed E-state index contributed by atoms with van der Waals surface area (Å²) < 4.78 is 1.04. The molecule has 1 heterocycles. The molecule has 0 atom stereocenters. The highest BCUT2D eigenvalue weighted by Crippen LogP contribution is 2.14. The second-order valence-electron chi connectivity index (χ2n) is 4.29. The molecule has 1 aromatic carbocycles. The number of hydrogen-bond donors (Lipinski definition) is 0. The van der Waals surface area contributed by atoms with E-state index in [2.05, 4.69) is 22.0 Å². The molecular weight excluding hydrogens is 322 g/mol. The van der Waals surface area contributed by atoms with Crippen LogP contribution in [-0.4, -0.2) is 17.4 Å². The molecule has 0 N–H and O–H groups in total. The Kier molecular flexibility index (Phi) is 5.16. The van der Waals surface area contributed by atoms with E-state index in [1.165, 1.54) is 4.88 Å². The molecule has 0 aliphatic rings. The van der Waals surface area contributed by atoms with E-state index >= 15 is 0 Å². The molecule has 100 valence electrons. The SMILES string of the molecule is CCN(Cc1cccs1)C(=O)Cc1ccc(Br)cc1. The fourth-order valence-electron chi connectivity index (χ4n) is 1.86. The number of carbonyl (C=O) groups is 1. The van der Waals surface area contributed by atoms with E-state index in [1.54, 1.807) is 11.3 Å². The fourth-order valence-corrected chi connectivity index (χ4v) is 2.84. The van der Waals surface area contributed by atoms with Crippen molar-refractivity contribution in [1.82, 2.24) is 4.90 Å². The first-order valence-electron chi connectivity index (χ1n) is 6.23. The fraction of sp³-hybridized carbons (Fsp3) is 0.267. The number of likely N-dealkylation sites (N-methyl/N-ethyl adjacent to an activating group) is 1. The quantitative estimate of drug-likeness (QED) is 0.804. The molecule has 0 aliphatic heterocycles. The Balaban J connectivity index is 1.98. The van der Waals surface area contributed by atoms with Gasteiger partial charge in [0.25, 0.3) is 0 Å². The summed E-state index contributed by atoms with van der Waals surface area (Å²) in [6, 6.07) is 12.0. The molecule has 0 bridgehead atoms. The van der Waals surface area contributed by atoms with Crippen LogP contribution in [0.15, 0.2) is 46.3 Å². The van der Waals surface area contributed by atoms with Gasteiger partial charge in [-0.2, -0.15) is 0 Å². The van der Waals surface area contributed by atoms with Gasteiger partial charge in [-0.1, -0.05) is 34.1 Å². The lowest BCUT2D eigenvalue weighted by Crippen LogP contribution is -2.31. The Morgan fingerprint density at radius 1 is 1.26 bits per heavy atom. The van der Waals surface area contributed by atoms with Gasteiger partial charge >= 0.3 is 0 Å². The zero-order chi connectivity index (χ0) is 13.7. The van der Waals surface area contributed by atoms with E-state index in [4.69, 9.17) is 0 Å². The smallest absolute Gasteiger partial charge is 0.227 e. The van der Waals surface area contributed by atoms with Gasteiger partial charge in [-0.05, 0) is 36.1 Å². The van der Waals surface area contributed by atoms with Gasteiger partial charge in [-0.3, -0.25) is 4.79 Å². The summed E-state index contributed by atoms with van der Waals surface area (Å²) in [5.41, 5.74) is 1.05. The van der Waals surface area contributed by atoms with Gasteiger partial charge < -0.3 is 4.90 Å². The van der Waals surface area contributed by atoms with E-state index < -0.39 is 0 Å². The summed E-state index contributed by atoms with van der Waals surface area (Å²) in [5, 5.41) is 2.04. The van der Waals surface area contributed by atoms with Crippen molar-refractivity contribution in [2.75, 3.05) is 6.54 Å². The van der Waals surface area contributed by atoms with E-state index in [9.17, 15) is 4.79 Å². The van der Waals surface area contributed by atoms with E-state index in [-0.39, 0.29) is 5.91 Å². The molecule has 0 aliphatic carbocycles. The van der Waals surface area contributed by atoms with E-state index in [0.29, 0.717) is 13.0 Å². The molecule has 1 aromatic heterocycles. The zero-order valence-electron chi connectivity index (χ0n) is 10.8. The second kappa shape index (κ2) is 6.87. The van der Waals surface area contributed by atoms with Crippen LogP contribution in [0, 0.1) is 0 Å². The third-order valence-electron chi connectivity index (χ3n) is 2.93. The Hall–Kier alpha value is -1.13. The van der Waals surface area contributed by atoms with E-state index in [0.717, 1.165) is 16.6 Å². The summed E-state index contributed by atoms with van der Waals surface area (Å²) in [6.07, 6.45) is 0.465. The van der Waals surface area contributed by atoms with Crippen molar-refractivity contribution in [1.29, 1.82) is 0 Å². The summed E-state index contributed by atoms with van der Waals surface area (Å²) in [4.78, 5) is 15.4. The average Bonchev–Trinajstić information content (AvgIpc) is 2.91. The molecule has 0 radical (unpaired) electrons. The molecule has 2 rings (SSSR count). The highest BCUT2D eigenvalue weighted by molar-refractivity contribution is 9.10. The van der Waals surface area contributed by atoms with Gasteiger partial charge in [0.1, 0.15) is 0 Å². The third-order valence-corrected chi connectivity index (χ3v) is 4.32. The maximum absolute atomic E-state index is 12.3. The molecule has 19 heavy (non-hydrogen) atoms. The number of rotatable bonds is 5. The summed E-state index contributed by atoms with van der Waals surface area (Å²) in [6.45, 7) is 3.48. The normalized spacial score (nSPS) is 10.4. The van der Waals surface area contributed by atoms with Gasteiger partial charge in [-0.15, -0.1) is 11.3 Å². The first-order chi connectivity index (χ1) is 9.19. The maximum atomic E-state index is 12.3. The predicted octanol–water partition coefficient (Wildman–Crippen LogP) is 4.10. The van der Waals surface area contributed by atoms with Crippen molar-refractivity contribution in [3.63, 3.8) is 0 Å². The minimum absolute atomic E-state index is 0.179. The Morgan fingerprint density at radius 2 is 2.00 bits per heavy atom. The van der Waals surface area contributed by atoms with Crippen LogP contribution in [0.5, 0.6) is 0 Å². The first kappa shape index (κ1) is 14.3. The number of amides is 1. The number of nitrogens with zero attached hydrogens (tertiary/aromatic N) is 1. The Bertz CT molecular complexity index is 522. The number of hydrogen-bond acceptors (Lipinski definition) is 2. The summed E-state index contributed by atoms with van der Waals surface area (Å²) in [5.74, 6) is 0.179. The monoisotopic (exact) mass is 337 g/mol. The molecule has 0 saturated carbocycles. The Morgan fingerprint density at radius 3 is 2.58 bits per heavy atom. The largest absolute Gasteiger partial charge is 0.338 e. The highest BCUT2D eigenvalue weighted by atomic mass is 79.9. The van der Waals surface area contributed by atoms with Crippen molar-refractivity contribution in [2.45, 2.75) is 19.9 Å². The average molecular weight is 338 g/mol. The van der Waals surface area contributed by atoms with Crippen LogP contribution in [0.4, 0.5) is 0 Å². The van der Waals surface area contributed by atoms with Crippen LogP contribution < -0.4 is 0 Å². The lowest BCUT2D eigenvalue weighted by Gasteiger charge is -2.20. The molecule has 0 saturated heterocycles. The lowest BCUT2D eigenvalue weighted by molar-refractivity contribution is -0.130. The maximum Gasteiger partial charge on any atom is 0.227 e. The minimum Gasteiger partial charge on any atom is -0.338 e. The van der Waals surface area contributed by atoms with Crippen LogP contribution in [0.2, 0.25) is 0 Å². The second-order valence-corrected chi connectivity index (χ2v) is 6.24.